The van der Waals surface area contributed by atoms with Crippen LogP contribution in [0.1, 0.15) is 37.3 Å². The summed E-state index contributed by atoms with van der Waals surface area (Å²) in [6.45, 7) is 6.65. The Bertz CT molecular complexity index is 263. The summed E-state index contributed by atoms with van der Waals surface area (Å²) >= 11 is 0. The Labute approximate surface area is 86.8 Å². The van der Waals surface area contributed by atoms with Crippen LogP contribution in [0.25, 0.3) is 0 Å². The second kappa shape index (κ2) is 5.16. The maximum absolute atomic E-state index is 9.15. The van der Waals surface area contributed by atoms with Crippen LogP contribution >= 0.6 is 0 Å². The second-order valence-corrected chi connectivity index (χ2v) is 4.09. The molecule has 78 valence electrons. The molecule has 0 aliphatic carbocycles. The van der Waals surface area contributed by atoms with Crippen LogP contribution in [0.2, 0.25) is 0 Å². The molecule has 1 rings (SSSR count). The summed E-state index contributed by atoms with van der Waals surface area (Å²) in [5, 5.41) is 9.15. The molecule has 0 aliphatic rings. The summed E-state index contributed by atoms with van der Waals surface area (Å²) in [5.74, 6) is 0.836. The zero-order valence-corrected chi connectivity index (χ0v) is 9.33. The molecule has 1 N–H and O–H groups in total. The fourth-order valence-corrected chi connectivity index (χ4v) is 1.91. The molecule has 14 heavy (non-hydrogen) atoms. The van der Waals surface area contributed by atoms with E-state index in [2.05, 4.69) is 45.0 Å². The first-order chi connectivity index (χ1) is 6.69. The van der Waals surface area contributed by atoms with Crippen molar-refractivity contribution >= 4 is 0 Å². The van der Waals surface area contributed by atoms with Gasteiger partial charge < -0.3 is 5.11 Å². The average Bonchev–Trinajstić information content (AvgIpc) is 2.21. The van der Waals surface area contributed by atoms with Crippen molar-refractivity contribution in [3.05, 3.63) is 35.4 Å². The highest BCUT2D eigenvalue weighted by Gasteiger charge is 2.16. The van der Waals surface area contributed by atoms with E-state index in [-0.39, 0.29) is 6.61 Å². The molecule has 0 aromatic heterocycles. The largest absolute Gasteiger partial charge is 0.396 e. The van der Waals surface area contributed by atoms with Crippen molar-refractivity contribution in [1.29, 1.82) is 0 Å². The third-order valence-corrected chi connectivity index (χ3v) is 2.92. The third-order valence-electron chi connectivity index (χ3n) is 2.92. The Kier molecular flexibility index (Phi) is 4.15. The van der Waals surface area contributed by atoms with Gasteiger partial charge in [-0.05, 0) is 30.7 Å². The molecule has 0 heterocycles. The fourth-order valence-electron chi connectivity index (χ4n) is 1.91. The number of rotatable bonds is 4. The number of aliphatic hydroxyl groups excluding tert-OH is 1. The van der Waals surface area contributed by atoms with E-state index in [1.165, 1.54) is 11.1 Å². The van der Waals surface area contributed by atoms with E-state index in [9.17, 15) is 0 Å². The molecular formula is C13H20O. The second-order valence-electron chi connectivity index (χ2n) is 4.09. The van der Waals surface area contributed by atoms with Crippen molar-refractivity contribution in [2.24, 2.45) is 5.92 Å². The van der Waals surface area contributed by atoms with Crippen LogP contribution in [-0.2, 0) is 0 Å². The van der Waals surface area contributed by atoms with Gasteiger partial charge in [0.05, 0.1) is 0 Å². The van der Waals surface area contributed by atoms with Crippen LogP contribution in [-0.4, -0.2) is 11.7 Å². The van der Waals surface area contributed by atoms with Crippen molar-refractivity contribution in [3.63, 3.8) is 0 Å². The van der Waals surface area contributed by atoms with E-state index >= 15 is 0 Å². The monoisotopic (exact) mass is 192 g/mol. The Hall–Kier alpha value is -0.820. The molecule has 0 radical (unpaired) electrons. The number of hydrogen-bond acceptors (Lipinski definition) is 1. The summed E-state index contributed by atoms with van der Waals surface area (Å²) in [7, 11) is 0. The van der Waals surface area contributed by atoms with Crippen LogP contribution in [0, 0.1) is 12.8 Å². The maximum Gasteiger partial charge on any atom is 0.0462 e. The molecule has 1 heteroatoms. The lowest BCUT2D eigenvalue weighted by Gasteiger charge is -2.21. The molecule has 0 fully saturated rings. The van der Waals surface area contributed by atoms with Gasteiger partial charge in [0.1, 0.15) is 0 Å². The highest BCUT2D eigenvalue weighted by molar-refractivity contribution is 5.24. The van der Waals surface area contributed by atoms with E-state index < -0.39 is 0 Å². The molecule has 0 saturated carbocycles. The first-order valence-corrected chi connectivity index (χ1v) is 5.36. The van der Waals surface area contributed by atoms with Gasteiger partial charge in [-0.2, -0.15) is 0 Å². The predicted octanol–water partition coefficient (Wildman–Crippen LogP) is 3.12. The van der Waals surface area contributed by atoms with Gasteiger partial charge >= 0.3 is 0 Å². The van der Waals surface area contributed by atoms with Gasteiger partial charge in [0, 0.05) is 6.61 Å². The van der Waals surface area contributed by atoms with Crippen molar-refractivity contribution in [3.8, 4) is 0 Å². The quantitative estimate of drug-likeness (QED) is 0.777. The topological polar surface area (TPSA) is 20.2 Å². The van der Waals surface area contributed by atoms with Crippen LogP contribution in [0.3, 0.4) is 0 Å². The SMILES string of the molecule is CCC(c1ccc(C)cc1)[C@@H](C)CO. The van der Waals surface area contributed by atoms with Crippen LogP contribution in [0.4, 0.5) is 0 Å². The summed E-state index contributed by atoms with van der Waals surface area (Å²) < 4.78 is 0. The number of benzene rings is 1. The van der Waals surface area contributed by atoms with Gasteiger partial charge in [-0.1, -0.05) is 43.7 Å². The van der Waals surface area contributed by atoms with E-state index in [4.69, 9.17) is 5.11 Å². The van der Waals surface area contributed by atoms with Gasteiger partial charge in [-0.25, -0.2) is 0 Å². The Balaban J connectivity index is 2.84. The number of aryl methyl sites for hydroxylation is 1. The van der Waals surface area contributed by atoms with Crippen molar-refractivity contribution < 1.29 is 5.11 Å². The molecular weight excluding hydrogens is 172 g/mol. The standard InChI is InChI=1S/C13H20O/c1-4-13(11(3)9-14)12-7-5-10(2)6-8-12/h5-8,11,13-14H,4,9H2,1-3H3/t11-,13?/m0/s1. The lowest BCUT2D eigenvalue weighted by Crippen LogP contribution is -2.12. The van der Waals surface area contributed by atoms with E-state index in [1.54, 1.807) is 0 Å². The Morgan fingerprint density at radius 1 is 1.21 bits per heavy atom. The molecule has 1 aromatic carbocycles. The predicted molar refractivity (Wildman–Crippen MR) is 60.5 cm³/mol. The van der Waals surface area contributed by atoms with Gasteiger partial charge in [0.2, 0.25) is 0 Å². The highest BCUT2D eigenvalue weighted by Crippen LogP contribution is 2.27. The van der Waals surface area contributed by atoms with Gasteiger partial charge in [-0.3, -0.25) is 0 Å². The van der Waals surface area contributed by atoms with Gasteiger partial charge in [-0.15, -0.1) is 0 Å². The number of hydrogen-bond donors (Lipinski definition) is 1. The average molecular weight is 192 g/mol. The third kappa shape index (κ3) is 2.58. The molecule has 0 amide bonds. The molecule has 0 aliphatic heterocycles. The zero-order valence-electron chi connectivity index (χ0n) is 9.33. The zero-order chi connectivity index (χ0) is 10.6. The minimum atomic E-state index is 0.270. The van der Waals surface area contributed by atoms with E-state index in [0.29, 0.717) is 11.8 Å². The first-order valence-electron chi connectivity index (χ1n) is 5.36. The molecule has 0 bridgehead atoms. The van der Waals surface area contributed by atoms with Crippen molar-refractivity contribution in [2.45, 2.75) is 33.1 Å². The highest BCUT2D eigenvalue weighted by atomic mass is 16.3. The molecule has 0 spiro atoms. The summed E-state index contributed by atoms with van der Waals surface area (Å²) in [6, 6.07) is 8.63. The van der Waals surface area contributed by atoms with Crippen molar-refractivity contribution in [2.75, 3.05) is 6.61 Å². The minimum absolute atomic E-state index is 0.270. The van der Waals surface area contributed by atoms with Crippen LogP contribution in [0.5, 0.6) is 0 Å². The first kappa shape index (κ1) is 11.3. The van der Waals surface area contributed by atoms with Crippen LogP contribution in [0.15, 0.2) is 24.3 Å². The molecule has 1 aromatic rings. The Morgan fingerprint density at radius 3 is 2.21 bits per heavy atom. The summed E-state index contributed by atoms with van der Waals surface area (Å²) in [4.78, 5) is 0. The number of aliphatic hydroxyl groups is 1. The summed E-state index contributed by atoms with van der Waals surface area (Å²) in [6.07, 6.45) is 1.09. The smallest absolute Gasteiger partial charge is 0.0462 e. The fraction of sp³-hybridized carbons (Fsp3) is 0.538. The van der Waals surface area contributed by atoms with Gasteiger partial charge in [0.25, 0.3) is 0 Å². The molecule has 1 unspecified atom stereocenters. The Morgan fingerprint density at radius 2 is 1.79 bits per heavy atom. The molecule has 2 atom stereocenters. The minimum Gasteiger partial charge on any atom is -0.396 e. The lowest BCUT2D eigenvalue weighted by molar-refractivity contribution is 0.213. The van der Waals surface area contributed by atoms with E-state index in [1.807, 2.05) is 0 Å². The molecule has 0 saturated heterocycles. The maximum atomic E-state index is 9.15. The van der Waals surface area contributed by atoms with E-state index in [0.717, 1.165) is 6.42 Å². The summed E-state index contributed by atoms with van der Waals surface area (Å²) in [5.41, 5.74) is 2.64. The normalized spacial score (nSPS) is 15.1. The van der Waals surface area contributed by atoms with Gasteiger partial charge in [0.15, 0.2) is 0 Å². The lowest BCUT2D eigenvalue weighted by atomic mass is 9.85. The van der Waals surface area contributed by atoms with Crippen molar-refractivity contribution in [1.82, 2.24) is 0 Å². The molecule has 1 nitrogen and oxygen atoms in total. The van der Waals surface area contributed by atoms with Crippen LogP contribution < -0.4 is 0 Å².